The fourth-order valence-corrected chi connectivity index (χ4v) is 2.71. The number of aryl methyl sites for hydroxylation is 1. The molecule has 0 radical (unpaired) electrons. The van der Waals surface area contributed by atoms with Crippen molar-refractivity contribution < 1.29 is 0 Å². The van der Waals surface area contributed by atoms with Crippen molar-refractivity contribution in [3.63, 3.8) is 0 Å². The number of nitrogen functional groups attached to an aromatic ring is 1. The van der Waals surface area contributed by atoms with E-state index in [0.29, 0.717) is 5.65 Å². The van der Waals surface area contributed by atoms with Crippen LogP contribution in [0.15, 0.2) is 11.8 Å². The van der Waals surface area contributed by atoms with Crippen molar-refractivity contribution in [2.45, 2.75) is 13.5 Å². The zero-order valence-electron chi connectivity index (χ0n) is 10.6. The van der Waals surface area contributed by atoms with Gasteiger partial charge in [0.2, 0.25) is 5.95 Å². The van der Waals surface area contributed by atoms with E-state index in [-0.39, 0.29) is 5.95 Å². The number of thiazole rings is 1. The van der Waals surface area contributed by atoms with Gasteiger partial charge in [0, 0.05) is 11.9 Å². The maximum atomic E-state index is 5.71. The standard InChI is InChI=1S/C11H13N7S/c1-6-7(19-5-15-6)3-18(2)10-8-9(14-4-13-8)16-11(12)17-10/h4-5H,3H2,1-2H3,(H3,12,13,14,16,17). The van der Waals surface area contributed by atoms with Crippen molar-refractivity contribution in [2.24, 2.45) is 0 Å². The molecule has 0 amide bonds. The molecule has 19 heavy (non-hydrogen) atoms. The van der Waals surface area contributed by atoms with Crippen molar-refractivity contribution >= 4 is 34.3 Å². The van der Waals surface area contributed by atoms with Crippen LogP contribution in [0.4, 0.5) is 11.8 Å². The second kappa shape index (κ2) is 4.47. The first-order chi connectivity index (χ1) is 9.15. The minimum absolute atomic E-state index is 0.225. The number of hydrogen-bond donors (Lipinski definition) is 2. The highest BCUT2D eigenvalue weighted by Crippen LogP contribution is 2.23. The SMILES string of the molecule is Cc1ncsc1CN(C)c1nc(N)nc2nc[nH]c12. The molecule has 0 aliphatic carbocycles. The minimum Gasteiger partial charge on any atom is -0.368 e. The molecule has 8 heteroatoms. The van der Waals surface area contributed by atoms with Gasteiger partial charge in [-0.1, -0.05) is 0 Å². The Morgan fingerprint density at radius 3 is 2.95 bits per heavy atom. The zero-order chi connectivity index (χ0) is 13.4. The molecule has 0 unspecified atom stereocenters. The quantitative estimate of drug-likeness (QED) is 0.748. The summed E-state index contributed by atoms with van der Waals surface area (Å²) in [4.78, 5) is 23.0. The molecule has 7 nitrogen and oxygen atoms in total. The molecule has 0 fully saturated rings. The number of H-pyrrole nitrogens is 1. The maximum absolute atomic E-state index is 5.71. The van der Waals surface area contributed by atoms with Gasteiger partial charge in [-0.05, 0) is 6.92 Å². The fraction of sp³-hybridized carbons (Fsp3) is 0.273. The van der Waals surface area contributed by atoms with Crippen LogP contribution in [0, 0.1) is 6.92 Å². The maximum Gasteiger partial charge on any atom is 0.224 e. The lowest BCUT2D eigenvalue weighted by Gasteiger charge is -2.18. The van der Waals surface area contributed by atoms with E-state index in [9.17, 15) is 0 Å². The third-order valence-corrected chi connectivity index (χ3v) is 3.79. The summed E-state index contributed by atoms with van der Waals surface area (Å²) in [5.74, 6) is 0.968. The molecular weight excluding hydrogens is 262 g/mol. The molecular formula is C11H13N7S. The van der Waals surface area contributed by atoms with Gasteiger partial charge in [0.1, 0.15) is 5.52 Å². The predicted octanol–water partition coefficient (Wildman–Crippen LogP) is 1.34. The molecule has 0 saturated carbocycles. The van der Waals surface area contributed by atoms with Crippen LogP contribution in [-0.4, -0.2) is 32.0 Å². The molecule has 98 valence electrons. The van der Waals surface area contributed by atoms with E-state index in [1.807, 2.05) is 24.4 Å². The third kappa shape index (κ3) is 2.10. The number of fused-ring (bicyclic) bond motifs is 1. The van der Waals surface area contributed by atoms with Crippen LogP contribution in [0.2, 0.25) is 0 Å². The topological polar surface area (TPSA) is 96.6 Å². The number of aromatic amines is 1. The van der Waals surface area contributed by atoms with E-state index in [4.69, 9.17) is 5.73 Å². The van der Waals surface area contributed by atoms with Crippen molar-refractivity contribution in [3.05, 3.63) is 22.4 Å². The summed E-state index contributed by atoms with van der Waals surface area (Å²) in [6.45, 7) is 2.72. The van der Waals surface area contributed by atoms with Crippen molar-refractivity contribution in [1.82, 2.24) is 24.9 Å². The van der Waals surface area contributed by atoms with E-state index in [2.05, 4.69) is 24.9 Å². The molecule has 0 aromatic carbocycles. The van der Waals surface area contributed by atoms with Crippen LogP contribution < -0.4 is 10.6 Å². The first-order valence-corrected chi connectivity index (χ1v) is 6.60. The van der Waals surface area contributed by atoms with Crippen LogP contribution in [0.25, 0.3) is 11.2 Å². The summed E-state index contributed by atoms with van der Waals surface area (Å²) in [5.41, 5.74) is 9.97. The molecule has 0 spiro atoms. The van der Waals surface area contributed by atoms with Crippen molar-refractivity contribution in [2.75, 3.05) is 17.7 Å². The molecule has 3 N–H and O–H groups in total. The number of hydrogen-bond acceptors (Lipinski definition) is 7. The molecule has 3 heterocycles. The number of rotatable bonds is 3. The van der Waals surface area contributed by atoms with E-state index in [1.165, 1.54) is 4.88 Å². The fourth-order valence-electron chi connectivity index (χ4n) is 1.88. The first-order valence-electron chi connectivity index (χ1n) is 5.72. The van der Waals surface area contributed by atoms with E-state index in [1.54, 1.807) is 17.7 Å². The lowest BCUT2D eigenvalue weighted by molar-refractivity contribution is 0.903. The number of aromatic nitrogens is 5. The number of imidazole rings is 1. The van der Waals surface area contributed by atoms with Gasteiger partial charge in [0.15, 0.2) is 11.5 Å². The molecule has 0 bridgehead atoms. The van der Waals surface area contributed by atoms with E-state index >= 15 is 0 Å². The lowest BCUT2D eigenvalue weighted by atomic mass is 10.3. The Hall–Kier alpha value is -2.22. The van der Waals surface area contributed by atoms with Crippen molar-refractivity contribution in [3.8, 4) is 0 Å². The molecule has 0 saturated heterocycles. The van der Waals surface area contributed by atoms with Gasteiger partial charge in [-0.2, -0.15) is 9.97 Å². The Balaban J connectivity index is 1.99. The summed E-state index contributed by atoms with van der Waals surface area (Å²) in [6, 6.07) is 0. The summed E-state index contributed by atoms with van der Waals surface area (Å²) >= 11 is 1.63. The summed E-state index contributed by atoms with van der Waals surface area (Å²) < 4.78 is 0. The van der Waals surface area contributed by atoms with Crippen LogP contribution in [0.1, 0.15) is 10.6 Å². The average Bonchev–Trinajstić information content (AvgIpc) is 2.98. The third-order valence-electron chi connectivity index (χ3n) is 2.87. The molecule has 0 aliphatic heterocycles. The largest absolute Gasteiger partial charge is 0.368 e. The molecule has 0 aliphatic rings. The van der Waals surface area contributed by atoms with Crippen molar-refractivity contribution in [1.29, 1.82) is 0 Å². The van der Waals surface area contributed by atoms with Gasteiger partial charge in [-0.3, -0.25) is 0 Å². The predicted molar refractivity (Wildman–Crippen MR) is 75.1 cm³/mol. The highest BCUT2D eigenvalue weighted by atomic mass is 32.1. The second-order valence-corrected chi connectivity index (χ2v) is 5.16. The average molecular weight is 275 g/mol. The number of nitrogens with one attached hydrogen (secondary N) is 1. The monoisotopic (exact) mass is 275 g/mol. The van der Waals surface area contributed by atoms with Crippen LogP contribution in [0.5, 0.6) is 0 Å². The van der Waals surface area contributed by atoms with Gasteiger partial charge in [-0.15, -0.1) is 11.3 Å². The Morgan fingerprint density at radius 1 is 1.37 bits per heavy atom. The molecule has 3 aromatic heterocycles. The van der Waals surface area contributed by atoms with Gasteiger partial charge in [0.25, 0.3) is 0 Å². The van der Waals surface area contributed by atoms with Gasteiger partial charge in [-0.25, -0.2) is 9.97 Å². The molecule has 3 rings (SSSR count). The minimum atomic E-state index is 0.225. The van der Waals surface area contributed by atoms with Gasteiger partial charge in [0.05, 0.1) is 24.1 Å². The summed E-state index contributed by atoms with van der Waals surface area (Å²) in [7, 11) is 1.96. The normalized spacial score (nSPS) is 11.1. The highest BCUT2D eigenvalue weighted by molar-refractivity contribution is 7.09. The molecule has 0 atom stereocenters. The van der Waals surface area contributed by atoms with Gasteiger partial charge >= 0.3 is 0 Å². The second-order valence-electron chi connectivity index (χ2n) is 4.22. The molecule has 3 aromatic rings. The number of nitrogens with two attached hydrogens (primary N) is 1. The smallest absolute Gasteiger partial charge is 0.224 e. The van der Waals surface area contributed by atoms with Gasteiger partial charge < -0.3 is 15.6 Å². The number of nitrogens with zero attached hydrogens (tertiary/aromatic N) is 5. The Kier molecular flexibility index (Phi) is 2.79. The zero-order valence-corrected chi connectivity index (χ0v) is 11.4. The van der Waals surface area contributed by atoms with E-state index in [0.717, 1.165) is 23.6 Å². The highest BCUT2D eigenvalue weighted by Gasteiger charge is 2.14. The van der Waals surface area contributed by atoms with E-state index < -0.39 is 0 Å². The summed E-state index contributed by atoms with van der Waals surface area (Å²) in [6.07, 6.45) is 1.59. The van der Waals surface area contributed by atoms with Crippen LogP contribution in [-0.2, 0) is 6.54 Å². The Morgan fingerprint density at radius 2 is 2.21 bits per heavy atom. The Labute approximate surface area is 113 Å². The Bertz CT molecular complexity index is 717. The number of anilines is 2. The lowest BCUT2D eigenvalue weighted by Crippen LogP contribution is -2.19. The van der Waals surface area contributed by atoms with Crippen LogP contribution >= 0.6 is 11.3 Å². The first kappa shape index (κ1) is 11.8. The summed E-state index contributed by atoms with van der Waals surface area (Å²) in [5, 5.41) is 0. The van der Waals surface area contributed by atoms with Crippen LogP contribution in [0.3, 0.4) is 0 Å².